The van der Waals surface area contributed by atoms with Gasteiger partial charge in [-0.3, -0.25) is 0 Å². The molecule has 0 unspecified atom stereocenters. The quantitative estimate of drug-likeness (QED) is 0.548. The summed E-state index contributed by atoms with van der Waals surface area (Å²) in [5.74, 6) is 0. The van der Waals surface area contributed by atoms with E-state index in [1.165, 1.54) is 0 Å². The molecule has 0 aliphatic rings. The zero-order valence-corrected chi connectivity index (χ0v) is 5.17. The summed E-state index contributed by atoms with van der Waals surface area (Å²) >= 11 is 0. The summed E-state index contributed by atoms with van der Waals surface area (Å²) in [6.07, 6.45) is 5.93. The Labute approximate surface area is 50.3 Å². The third-order valence-electron chi connectivity index (χ3n) is 0.717. The highest BCUT2D eigenvalue weighted by Crippen LogP contribution is 1.86. The Kier molecular flexibility index (Phi) is 4.27. The third-order valence-corrected chi connectivity index (χ3v) is 0.717. The van der Waals surface area contributed by atoms with Crippen molar-refractivity contribution in [2.45, 2.75) is 19.4 Å². The van der Waals surface area contributed by atoms with Gasteiger partial charge in [0.25, 0.3) is 0 Å². The second-order valence-corrected chi connectivity index (χ2v) is 1.69. The fraction of sp³-hybridized carbons (Fsp3) is 0.429. The Hall–Kier alpha value is -0.560. The van der Waals surface area contributed by atoms with E-state index in [4.69, 9.17) is 5.11 Å². The molecule has 1 nitrogen and oxygen atoms in total. The van der Waals surface area contributed by atoms with Crippen molar-refractivity contribution in [2.75, 3.05) is 0 Å². The monoisotopic (exact) mass is 112 g/mol. The van der Waals surface area contributed by atoms with Crippen molar-refractivity contribution in [3.05, 3.63) is 24.8 Å². The van der Waals surface area contributed by atoms with Gasteiger partial charge in [0.1, 0.15) is 0 Å². The van der Waals surface area contributed by atoms with E-state index in [-0.39, 0.29) is 6.10 Å². The van der Waals surface area contributed by atoms with Gasteiger partial charge in [0.2, 0.25) is 0 Å². The molecule has 0 aliphatic heterocycles. The lowest BCUT2D eigenvalue weighted by atomic mass is 10.3. The summed E-state index contributed by atoms with van der Waals surface area (Å²) in [5, 5.41) is 8.66. The van der Waals surface area contributed by atoms with Crippen molar-refractivity contribution in [3.63, 3.8) is 0 Å². The number of allylic oxidation sites excluding steroid dienone is 2. The third kappa shape index (κ3) is 5.44. The van der Waals surface area contributed by atoms with Crippen LogP contribution in [0.15, 0.2) is 24.8 Å². The van der Waals surface area contributed by atoms with Gasteiger partial charge >= 0.3 is 0 Å². The Bertz CT molecular complexity index is 82.4. The zero-order chi connectivity index (χ0) is 6.41. The Morgan fingerprint density at radius 2 is 2.38 bits per heavy atom. The van der Waals surface area contributed by atoms with Crippen molar-refractivity contribution in [3.8, 4) is 0 Å². The fourth-order valence-electron chi connectivity index (χ4n) is 0.372. The smallest absolute Gasteiger partial charge is 0.0692 e. The lowest BCUT2D eigenvalue weighted by Crippen LogP contribution is -1.90. The highest BCUT2D eigenvalue weighted by Gasteiger charge is 1.80. The van der Waals surface area contributed by atoms with Crippen molar-refractivity contribution in [2.24, 2.45) is 0 Å². The molecule has 0 amide bonds. The van der Waals surface area contributed by atoms with Crippen molar-refractivity contribution < 1.29 is 5.11 Å². The highest BCUT2D eigenvalue weighted by atomic mass is 16.3. The van der Waals surface area contributed by atoms with Crippen molar-refractivity contribution in [1.29, 1.82) is 0 Å². The average Bonchev–Trinajstić information content (AvgIpc) is 1.66. The summed E-state index contributed by atoms with van der Waals surface area (Å²) in [5.41, 5.74) is 0. The predicted octanol–water partition coefficient (Wildman–Crippen LogP) is 1.50. The standard InChI is InChI=1S/C7H12O/c1-3-4-5-6-7(2)8/h3,5-8H,1,4H2,2H3/b6-5+/t7-/m0/s1. The van der Waals surface area contributed by atoms with Gasteiger partial charge in [0.15, 0.2) is 0 Å². The molecule has 0 saturated carbocycles. The molecule has 8 heavy (non-hydrogen) atoms. The van der Waals surface area contributed by atoms with Crippen LogP contribution < -0.4 is 0 Å². The number of aliphatic hydroxyl groups excluding tert-OH is 1. The van der Waals surface area contributed by atoms with Gasteiger partial charge in [0, 0.05) is 0 Å². The van der Waals surface area contributed by atoms with Crippen LogP contribution in [0.2, 0.25) is 0 Å². The van der Waals surface area contributed by atoms with Crippen LogP contribution in [0.5, 0.6) is 0 Å². The van der Waals surface area contributed by atoms with Gasteiger partial charge in [-0.2, -0.15) is 0 Å². The van der Waals surface area contributed by atoms with E-state index in [9.17, 15) is 0 Å². The molecule has 0 saturated heterocycles. The van der Waals surface area contributed by atoms with Crippen LogP contribution in [-0.4, -0.2) is 11.2 Å². The van der Waals surface area contributed by atoms with E-state index in [2.05, 4.69) is 6.58 Å². The predicted molar refractivity (Wildman–Crippen MR) is 35.6 cm³/mol. The van der Waals surface area contributed by atoms with Gasteiger partial charge in [0.05, 0.1) is 6.10 Å². The van der Waals surface area contributed by atoms with Crippen LogP contribution in [0.1, 0.15) is 13.3 Å². The summed E-state index contributed by atoms with van der Waals surface area (Å²) in [6.45, 7) is 5.25. The summed E-state index contributed by atoms with van der Waals surface area (Å²) in [4.78, 5) is 0. The highest BCUT2D eigenvalue weighted by molar-refractivity contribution is 4.91. The lowest BCUT2D eigenvalue weighted by molar-refractivity contribution is 0.244. The molecule has 0 aromatic heterocycles. The first kappa shape index (κ1) is 7.44. The lowest BCUT2D eigenvalue weighted by Gasteiger charge is -1.89. The van der Waals surface area contributed by atoms with Crippen LogP contribution in [0.25, 0.3) is 0 Å². The minimum atomic E-state index is -0.324. The maximum absolute atomic E-state index is 8.66. The first-order valence-corrected chi connectivity index (χ1v) is 2.73. The molecular formula is C7H12O. The van der Waals surface area contributed by atoms with Crippen molar-refractivity contribution in [1.82, 2.24) is 0 Å². The van der Waals surface area contributed by atoms with Gasteiger partial charge in [-0.05, 0) is 13.3 Å². The minimum Gasteiger partial charge on any atom is -0.389 e. The van der Waals surface area contributed by atoms with E-state index >= 15 is 0 Å². The van der Waals surface area contributed by atoms with E-state index in [0.29, 0.717) is 0 Å². The molecule has 0 aromatic rings. The SMILES string of the molecule is C=CC/C=C/[C@H](C)O. The van der Waals surface area contributed by atoms with Gasteiger partial charge in [-0.25, -0.2) is 0 Å². The van der Waals surface area contributed by atoms with Crippen molar-refractivity contribution >= 4 is 0 Å². The Morgan fingerprint density at radius 1 is 1.75 bits per heavy atom. The second kappa shape index (κ2) is 4.60. The maximum Gasteiger partial charge on any atom is 0.0692 e. The topological polar surface area (TPSA) is 20.2 Å². The molecule has 0 heterocycles. The van der Waals surface area contributed by atoms with Gasteiger partial charge < -0.3 is 5.11 Å². The molecule has 0 aliphatic carbocycles. The van der Waals surface area contributed by atoms with E-state index in [0.717, 1.165) is 6.42 Å². The molecule has 0 rings (SSSR count). The largest absolute Gasteiger partial charge is 0.389 e. The number of rotatable bonds is 3. The normalized spacial score (nSPS) is 14.2. The van der Waals surface area contributed by atoms with Crippen LogP contribution in [0, 0.1) is 0 Å². The molecule has 0 aromatic carbocycles. The molecule has 1 heteroatoms. The maximum atomic E-state index is 8.66. The molecule has 0 fully saturated rings. The number of aliphatic hydroxyl groups is 1. The summed E-state index contributed by atoms with van der Waals surface area (Å²) in [7, 11) is 0. The van der Waals surface area contributed by atoms with Crippen LogP contribution in [0.3, 0.4) is 0 Å². The molecule has 0 spiro atoms. The van der Waals surface area contributed by atoms with Gasteiger partial charge in [-0.15, -0.1) is 6.58 Å². The second-order valence-electron chi connectivity index (χ2n) is 1.69. The zero-order valence-electron chi connectivity index (χ0n) is 5.17. The molecule has 1 atom stereocenters. The van der Waals surface area contributed by atoms with Gasteiger partial charge in [-0.1, -0.05) is 18.2 Å². The molecule has 0 bridgehead atoms. The Balaban J connectivity index is 3.19. The molecule has 0 radical (unpaired) electrons. The van der Waals surface area contributed by atoms with E-state index in [1.54, 1.807) is 19.1 Å². The molecular weight excluding hydrogens is 100 g/mol. The Morgan fingerprint density at radius 3 is 2.75 bits per heavy atom. The first-order chi connectivity index (χ1) is 3.77. The molecule has 46 valence electrons. The van der Waals surface area contributed by atoms with Crippen LogP contribution >= 0.6 is 0 Å². The number of hydrogen-bond acceptors (Lipinski definition) is 1. The number of hydrogen-bond donors (Lipinski definition) is 1. The average molecular weight is 112 g/mol. The van der Waals surface area contributed by atoms with Crippen LogP contribution in [0.4, 0.5) is 0 Å². The molecule has 1 N–H and O–H groups in total. The van der Waals surface area contributed by atoms with E-state index < -0.39 is 0 Å². The summed E-state index contributed by atoms with van der Waals surface area (Å²) < 4.78 is 0. The van der Waals surface area contributed by atoms with Crippen LogP contribution in [-0.2, 0) is 0 Å². The fourth-order valence-corrected chi connectivity index (χ4v) is 0.372. The summed E-state index contributed by atoms with van der Waals surface area (Å²) in [6, 6.07) is 0. The first-order valence-electron chi connectivity index (χ1n) is 2.73. The van der Waals surface area contributed by atoms with E-state index in [1.807, 2.05) is 6.08 Å². The minimum absolute atomic E-state index is 0.324.